The molecular weight excluding hydrogens is 314 g/mol. The predicted molar refractivity (Wildman–Crippen MR) is 112 cm³/mol. The van der Waals surface area contributed by atoms with Gasteiger partial charge >= 0.3 is 0 Å². The molecule has 0 radical (unpaired) electrons. The zero-order valence-electron chi connectivity index (χ0n) is 16.5. The van der Waals surface area contributed by atoms with Gasteiger partial charge in [-0.1, -0.05) is 57.4 Å². The quantitative estimate of drug-likeness (QED) is 0.481. The van der Waals surface area contributed by atoms with Crippen LogP contribution in [0.3, 0.4) is 0 Å². The first-order chi connectivity index (χ1) is 12.4. The standard InChI is InChI=1S/C25H29N/c1-17-13-21(16-22(14-17)25(2,3)4)24-12-10-20-15-19(9-11-23(20)26-24)18-7-5-6-8-18/h9-16,18H,5-8H2,1-4H3. The number of hydrogen-bond acceptors (Lipinski definition) is 1. The lowest BCUT2D eigenvalue weighted by Crippen LogP contribution is -2.11. The maximum Gasteiger partial charge on any atom is 0.0709 e. The van der Waals surface area contributed by atoms with E-state index in [0.29, 0.717) is 0 Å². The third kappa shape index (κ3) is 3.40. The van der Waals surface area contributed by atoms with Crippen molar-refractivity contribution in [1.29, 1.82) is 0 Å². The van der Waals surface area contributed by atoms with Crippen LogP contribution in [-0.2, 0) is 5.41 Å². The van der Waals surface area contributed by atoms with Crippen molar-refractivity contribution in [3.63, 3.8) is 0 Å². The Morgan fingerprint density at radius 1 is 0.885 bits per heavy atom. The highest BCUT2D eigenvalue weighted by Crippen LogP contribution is 2.35. The number of fused-ring (bicyclic) bond motifs is 1. The second kappa shape index (κ2) is 6.54. The number of benzene rings is 2. The summed E-state index contributed by atoms with van der Waals surface area (Å²) in [5.74, 6) is 0.755. The van der Waals surface area contributed by atoms with Crippen LogP contribution >= 0.6 is 0 Å². The van der Waals surface area contributed by atoms with E-state index in [1.165, 1.54) is 53.3 Å². The van der Waals surface area contributed by atoms with Crippen molar-refractivity contribution in [3.05, 3.63) is 65.2 Å². The van der Waals surface area contributed by atoms with Crippen LogP contribution in [0.5, 0.6) is 0 Å². The van der Waals surface area contributed by atoms with Gasteiger partial charge in [0.1, 0.15) is 0 Å². The summed E-state index contributed by atoms with van der Waals surface area (Å²) in [5.41, 5.74) is 7.69. The van der Waals surface area contributed by atoms with Crippen molar-refractivity contribution in [3.8, 4) is 11.3 Å². The molecule has 0 bridgehead atoms. The highest BCUT2D eigenvalue weighted by molar-refractivity contribution is 5.82. The summed E-state index contributed by atoms with van der Waals surface area (Å²) in [5, 5.41) is 1.27. The van der Waals surface area contributed by atoms with Crippen LogP contribution in [0.25, 0.3) is 22.2 Å². The molecule has 3 aromatic rings. The fraction of sp³-hybridized carbons (Fsp3) is 0.400. The molecule has 1 saturated carbocycles. The Kier molecular flexibility index (Phi) is 4.34. The largest absolute Gasteiger partial charge is 0.248 e. The lowest BCUT2D eigenvalue weighted by atomic mass is 9.85. The molecule has 1 fully saturated rings. The van der Waals surface area contributed by atoms with Crippen LogP contribution in [0.15, 0.2) is 48.5 Å². The van der Waals surface area contributed by atoms with Crippen molar-refractivity contribution in [1.82, 2.24) is 4.98 Å². The smallest absolute Gasteiger partial charge is 0.0709 e. The van der Waals surface area contributed by atoms with E-state index in [1.54, 1.807) is 0 Å². The first-order valence-corrected chi connectivity index (χ1v) is 9.93. The normalized spacial score (nSPS) is 15.7. The molecule has 0 N–H and O–H groups in total. The van der Waals surface area contributed by atoms with Gasteiger partial charge < -0.3 is 0 Å². The Bertz CT molecular complexity index is 940. The number of pyridine rings is 1. The molecular formula is C25H29N. The first-order valence-electron chi connectivity index (χ1n) is 9.93. The van der Waals surface area contributed by atoms with E-state index in [-0.39, 0.29) is 5.41 Å². The van der Waals surface area contributed by atoms with Gasteiger partial charge in [0.05, 0.1) is 11.2 Å². The first kappa shape index (κ1) is 17.3. The zero-order chi connectivity index (χ0) is 18.3. The third-order valence-electron chi connectivity index (χ3n) is 5.78. The van der Waals surface area contributed by atoms with E-state index in [4.69, 9.17) is 4.98 Å². The molecule has 1 aliphatic carbocycles. The summed E-state index contributed by atoms with van der Waals surface area (Å²) in [6, 6.07) is 18.1. The van der Waals surface area contributed by atoms with Crippen molar-refractivity contribution in [2.24, 2.45) is 0 Å². The molecule has 0 saturated heterocycles. The van der Waals surface area contributed by atoms with Crippen LogP contribution in [0.4, 0.5) is 0 Å². The predicted octanol–water partition coefficient (Wildman–Crippen LogP) is 7.17. The van der Waals surface area contributed by atoms with E-state index in [0.717, 1.165) is 17.1 Å². The van der Waals surface area contributed by atoms with Gasteiger partial charge in [0, 0.05) is 10.9 Å². The van der Waals surface area contributed by atoms with E-state index >= 15 is 0 Å². The summed E-state index contributed by atoms with van der Waals surface area (Å²) in [6.07, 6.45) is 5.44. The lowest BCUT2D eigenvalue weighted by molar-refractivity contribution is 0.590. The second-order valence-corrected chi connectivity index (χ2v) is 8.97. The molecule has 134 valence electrons. The number of aryl methyl sites for hydroxylation is 1. The highest BCUT2D eigenvalue weighted by Gasteiger charge is 2.18. The molecule has 1 aliphatic rings. The molecule has 0 aliphatic heterocycles. The topological polar surface area (TPSA) is 12.9 Å². The molecule has 1 nitrogen and oxygen atoms in total. The summed E-state index contributed by atoms with van der Waals surface area (Å²) in [4.78, 5) is 4.98. The Hall–Kier alpha value is -2.15. The lowest BCUT2D eigenvalue weighted by Gasteiger charge is -2.21. The van der Waals surface area contributed by atoms with Gasteiger partial charge in [0.15, 0.2) is 0 Å². The van der Waals surface area contributed by atoms with Gasteiger partial charge in [-0.2, -0.15) is 0 Å². The third-order valence-corrected chi connectivity index (χ3v) is 5.78. The van der Waals surface area contributed by atoms with E-state index in [9.17, 15) is 0 Å². The molecule has 1 heterocycles. The summed E-state index contributed by atoms with van der Waals surface area (Å²) in [7, 11) is 0. The average Bonchev–Trinajstić information content (AvgIpc) is 3.14. The van der Waals surface area contributed by atoms with E-state index in [2.05, 4.69) is 76.2 Å². The van der Waals surface area contributed by atoms with Gasteiger partial charge in [-0.3, -0.25) is 0 Å². The van der Waals surface area contributed by atoms with Gasteiger partial charge in [0.25, 0.3) is 0 Å². The fourth-order valence-electron chi connectivity index (χ4n) is 4.18. The number of rotatable bonds is 2. The maximum atomic E-state index is 4.98. The van der Waals surface area contributed by atoms with Gasteiger partial charge in [-0.05, 0) is 72.6 Å². The average molecular weight is 344 g/mol. The highest BCUT2D eigenvalue weighted by atomic mass is 14.7. The Balaban J connectivity index is 1.74. The van der Waals surface area contributed by atoms with Crippen LogP contribution in [-0.4, -0.2) is 4.98 Å². The van der Waals surface area contributed by atoms with Crippen LogP contribution in [0.2, 0.25) is 0 Å². The molecule has 0 unspecified atom stereocenters. The minimum absolute atomic E-state index is 0.147. The number of aromatic nitrogens is 1. The van der Waals surface area contributed by atoms with E-state index in [1.807, 2.05) is 0 Å². The summed E-state index contributed by atoms with van der Waals surface area (Å²) in [6.45, 7) is 8.98. The summed E-state index contributed by atoms with van der Waals surface area (Å²) < 4.78 is 0. The van der Waals surface area contributed by atoms with Gasteiger partial charge in [-0.25, -0.2) is 4.98 Å². The molecule has 2 aromatic carbocycles. The number of hydrogen-bond donors (Lipinski definition) is 0. The Morgan fingerprint density at radius 2 is 1.65 bits per heavy atom. The molecule has 0 amide bonds. The van der Waals surface area contributed by atoms with Crippen LogP contribution in [0.1, 0.15) is 69.1 Å². The molecule has 0 atom stereocenters. The van der Waals surface area contributed by atoms with Crippen LogP contribution in [0, 0.1) is 6.92 Å². The minimum Gasteiger partial charge on any atom is -0.248 e. The molecule has 4 rings (SSSR count). The number of nitrogens with zero attached hydrogens (tertiary/aromatic N) is 1. The Labute approximate surface area is 157 Å². The molecule has 26 heavy (non-hydrogen) atoms. The minimum atomic E-state index is 0.147. The second-order valence-electron chi connectivity index (χ2n) is 8.97. The molecule has 0 spiro atoms. The van der Waals surface area contributed by atoms with Gasteiger partial charge in [0.2, 0.25) is 0 Å². The zero-order valence-corrected chi connectivity index (χ0v) is 16.5. The van der Waals surface area contributed by atoms with E-state index < -0.39 is 0 Å². The van der Waals surface area contributed by atoms with Crippen LogP contribution < -0.4 is 0 Å². The molecule has 1 heteroatoms. The SMILES string of the molecule is Cc1cc(-c2ccc3cc(C4CCCC4)ccc3n2)cc(C(C)(C)C)c1. The van der Waals surface area contributed by atoms with Crippen molar-refractivity contribution >= 4 is 10.9 Å². The van der Waals surface area contributed by atoms with Crippen molar-refractivity contribution < 1.29 is 0 Å². The monoisotopic (exact) mass is 343 g/mol. The fourth-order valence-corrected chi connectivity index (χ4v) is 4.18. The van der Waals surface area contributed by atoms with Crippen molar-refractivity contribution in [2.45, 2.75) is 64.7 Å². The maximum absolute atomic E-state index is 4.98. The summed E-state index contributed by atoms with van der Waals surface area (Å²) >= 11 is 0. The Morgan fingerprint density at radius 3 is 2.38 bits per heavy atom. The van der Waals surface area contributed by atoms with Crippen molar-refractivity contribution in [2.75, 3.05) is 0 Å². The van der Waals surface area contributed by atoms with Gasteiger partial charge in [-0.15, -0.1) is 0 Å². The molecule has 1 aromatic heterocycles.